The maximum atomic E-state index is 13.2. The normalized spacial score (nSPS) is 16.0. The highest BCUT2D eigenvalue weighted by Gasteiger charge is 2.20. The Morgan fingerprint density at radius 1 is 1.34 bits per heavy atom. The molecule has 1 unspecified atom stereocenters. The first-order valence-corrected chi connectivity index (χ1v) is 10.4. The first kappa shape index (κ1) is 21.6. The van der Waals surface area contributed by atoms with Crippen LogP contribution in [0.5, 0.6) is 11.6 Å². The van der Waals surface area contributed by atoms with Crippen molar-refractivity contribution in [3.63, 3.8) is 0 Å². The minimum Gasteiger partial charge on any atom is -0.437 e. The molecule has 3 aromatic rings. The number of benzene rings is 1. The van der Waals surface area contributed by atoms with E-state index in [4.69, 9.17) is 21.1 Å². The summed E-state index contributed by atoms with van der Waals surface area (Å²) in [6, 6.07) is 13.6. The third-order valence-electron chi connectivity index (χ3n) is 4.95. The number of halogens is 1. The zero-order chi connectivity index (χ0) is 22.5. The predicted octanol–water partition coefficient (Wildman–Crippen LogP) is 3.34. The Balaban J connectivity index is 1.74. The molecule has 1 aliphatic rings. The van der Waals surface area contributed by atoms with Gasteiger partial charge in [0.15, 0.2) is 0 Å². The van der Waals surface area contributed by atoms with Crippen molar-refractivity contribution in [3.05, 3.63) is 75.2 Å². The molecule has 0 saturated carbocycles. The van der Waals surface area contributed by atoms with Crippen LogP contribution in [0.2, 0.25) is 5.02 Å². The highest BCUT2D eigenvalue weighted by molar-refractivity contribution is 6.32. The van der Waals surface area contributed by atoms with Gasteiger partial charge >= 0.3 is 0 Å². The molecule has 3 heterocycles. The lowest BCUT2D eigenvalue weighted by Gasteiger charge is -2.12. The van der Waals surface area contributed by atoms with E-state index in [1.165, 1.54) is 10.5 Å². The van der Waals surface area contributed by atoms with Gasteiger partial charge in [0.2, 0.25) is 5.88 Å². The first-order chi connectivity index (χ1) is 15.6. The number of rotatable bonds is 6. The van der Waals surface area contributed by atoms with Gasteiger partial charge in [0.1, 0.15) is 28.6 Å². The summed E-state index contributed by atoms with van der Waals surface area (Å²) in [5, 5.41) is 12.6. The lowest BCUT2D eigenvalue weighted by atomic mass is 10.1. The quantitative estimate of drug-likeness (QED) is 0.456. The molecule has 1 amide bonds. The maximum absolute atomic E-state index is 13.2. The monoisotopic (exact) mass is 450 g/mol. The molecule has 0 bridgehead atoms. The van der Waals surface area contributed by atoms with E-state index < -0.39 is 11.5 Å². The molecule has 4 rings (SSSR count). The largest absolute Gasteiger partial charge is 0.437 e. The Hall–Kier alpha value is -3.67. The maximum Gasteiger partial charge on any atom is 0.269 e. The first-order valence-electron chi connectivity index (χ1n) is 10.0. The SMILES string of the molecule is N#CC(=Cc1c(Oc2ccccc2Cl)nc2ccccn2c1=O)C(=O)NCC1CCCO1. The van der Waals surface area contributed by atoms with Crippen LogP contribution in [0.4, 0.5) is 0 Å². The van der Waals surface area contributed by atoms with Crippen molar-refractivity contribution < 1.29 is 14.3 Å². The Morgan fingerprint density at radius 3 is 2.91 bits per heavy atom. The summed E-state index contributed by atoms with van der Waals surface area (Å²) in [6.07, 6.45) is 4.43. The second-order valence-corrected chi connectivity index (χ2v) is 7.52. The van der Waals surface area contributed by atoms with Gasteiger partial charge in [0.25, 0.3) is 11.5 Å². The van der Waals surface area contributed by atoms with Crippen molar-refractivity contribution in [1.82, 2.24) is 14.7 Å². The number of hydrogen-bond donors (Lipinski definition) is 1. The number of carbonyl (C=O) groups is 1. The van der Waals surface area contributed by atoms with Gasteiger partial charge in [-0.25, -0.2) is 0 Å². The third kappa shape index (κ3) is 4.64. The minimum atomic E-state index is -0.607. The fourth-order valence-corrected chi connectivity index (χ4v) is 3.49. The highest BCUT2D eigenvalue weighted by atomic mass is 35.5. The van der Waals surface area contributed by atoms with Gasteiger partial charge < -0.3 is 14.8 Å². The molecule has 1 N–H and O–H groups in total. The van der Waals surface area contributed by atoms with E-state index in [2.05, 4.69) is 10.3 Å². The Labute approximate surface area is 188 Å². The van der Waals surface area contributed by atoms with E-state index in [1.807, 2.05) is 6.07 Å². The molecule has 1 atom stereocenters. The van der Waals surface area contributed by atoms with Crippen LogP contribution < -0.4 is 15.6 Å². The molecule has 162 valence electrons. The van der Waals surface area contributed by atoms with Crippen LogP contribution >= 0.6 is 11.6 Å². The van der Waals surface area contributed by atoms with Gasteiger partial charge in [-0.1, -0.05) is 29.8 Å². The van der Waals surface area contributed by atoms with Gasteiger partial charge in [-0.3, -0.25) is 14.0 Å². The zero-order valence-electron chi connectivity index (χ0n) is 17.0. The molecule has 0 spiro atoms. The average molecular weight is 451 g/mol. The topological polar surface area (TPSA) is 106 Å². The van der Waals surface area contributed by atoms with Crippen molar-refractivity contribution >= 4 is 29.2 Å². The summed E-state index contributed by atoms with van der Waals surface area (Å²) in [5.74, 6) is -0.379. The highest BCUT2D eigenvalue weighted by Crippen LogP contribution is 2.30. The molecular formula is C23H19ClN4O4. The second kappa shape index (κ2) is 9.64. The van der Waals surface area contributed by atoms with E-state index in [0.29, 0.717) is 17.3 Å². The molecule has 0 aliphatic carbocycles. The number of nitriles is 1. The number of carbonyl (C=O) groups excluding carboxylic acids is 1. The van der Waals surface area contributed by atoms with Crippen molar-refractivity contribution in [3.8, 4) is 17.7 Å². The number of nitrogens with one attached hydrogen (secondary N) is 1. The summed E-state index contributed by atoms with van der Waals surface area (Å²) in [4.78, 5) is 30.2. The molecule has 2 aromatic heterocycles. The van der Waals surface area contributed by atoms with Gasteiger partial charge in [-0.15, -0.1) is 0 Å². The van der Waals surface area contributed by atoms with E-state index in [9.17, 15) is 14.9 Å². The zero-order valence-corrected chi connectivity index (χ0v) is 17.7. The molecule has 9 heteroatoms. The Kier molecular flexibility index (Phi) is 6.50. The summed E-state index contributed by atoms with van der Waals surface area (Å²) in [7, 11) is 0. The number of hydrogen-bond acceptors (Lipinski definition) is 6. The van der Waals surface area contributed by atoms with E-state index in [-0.39, 0.29) is 35.4 Å². The van der Waals surface area contributed by atoms with Gasteiger partial charge in [-0.05, 0) is 43.2 Å². The van der Waals surface area contributed by atoms with E-state index in [1.54, 1.807) is 48.7 Å². The lowest BCUT2D eigenvalue weighted by Crippen LogP contribution is -2.32. The summed E-state index contributed by atoms with van der Waals surface area (Å²) >= 11 is 6.19. The summed E-state index contributed by atoms with van der Waals surface area (Å²) in [6.45, 7) is 0.944. The number of aromatic nitrogens is 2. The van der Waals surface area contributed by atoms with Crippen molar-refractivity contribution in [2.75, 3.05) is 13.2 Å². The van der Waals surface area contributed by atoms with Crippen LogP contribution in [-0.4, -0.2) is 34.5 Å². The minimum absolute atomic E-state index is 0.0440. The number of para-hydroxylation sites is 1. The summed E-state index contributed by atoms with van der Waals surface area (Å²) < 4.78 is 12.6. The molecule has 8 nitrogen and oxygen atoms in total. The number of fused-ring (bicyclic) bond motifs is 1. The molecule has 1 aromatic carbocycles. The fourth-order valence-electron chi connectivity index (χ4n) is 3.32. The molecule has 1 saturated heterocycles. The number of nitrogens with zero attached hydrogens (tertiary/aromatic N) is 3. The van der Waals surface area contributed by atoms with Crippen LogP contribution in [-0.2, 0) is 9.53 Å². The number of ether oxygens (including phenoxy) is 2. The molecule has 0 radical (unpaired) electrons. The molecule has 32 heavy (non-hydrogen) atoms. The van der Waals surface area contributed by atoms with Crippen LogP contribution in [0.3, 0.4) is 0 Å². The molecular weight excluding hydrogens is 432 g/mol. The number of pyridine rings is 1. The lowest BCUT2D eigenvalue weighted by molar-refractivity contribution is -0.117. The smallest absolute Gasteiger partial charge is 0.269 e. The molecule has 1 aliphatic heterocycles. The Bertz CT molecular complexity index is 1290. The van der Waals surface area contributed by atoms with Crippen LogP contribution in [0.25, 0.3) is 11.7 Å². The predicted molar refractivity (Wildman–Crippen MR) is 119 cm³/mol. The number of amides is 1. The summed E-state index contributed by atoms with van der Waals surface area (Å²) in [5.41, 5.74) is -0.436. The standard InChI is InChI=1S/C23H19ClN4O4/c24-18-7-1-2-8-19(18)32-22-17(23(30)28-10-4-3-9-20(28)27-22)12-15(13-25)21(29)26-14-16-6-5-11-31-16/h1-4,7-10,12,16H,5-6,11,14H2,(H,26,29). The van der Waals surface area contributed by atoms with Crippen LogP contribution in [0.15, 0.2) is 59.0 Å². The van der Waals surface area contributed by atoms with Gasteiger partial charge in [-0.2, -0.15) is 10.2 Å². The second-order valence-electron chi connectivity index (χ2n) is 7.11. The van der Waals surface area contributed by atoms with Crippen molar-refractivity contribution in [2.24, 2.45) is 0 Å². The Morgan fingerprint density at radius 2 is 2.16 bits per heavy atom. The fraction of sp³-hybridized carbons (Fsp3) is 0.217. The van der Waals surface area contributed by atoms with Gasteiger partial charge in [0, 0.05) is 19.3 Å². The van der Waals surface area contributed by atoms with E-state index in [0.717, 1.165) is 12.8 Å². The van der Waals surface area contributed by atoms with Crippen molar-refractivity contribution in [1.29, 1.82) is 5.26 Å². The van der Waals surface area contributed by atoms with Crippen LogP contribution in [0.1, 0.15) is 18.4 Å². The van der Waals surface area contributed by atoms with Crippen molar-refractivity contribution in [2.45, 2.75) is 18.9 Å². The average Bonchev–Trinajstić information content (AvgIpc) is 3.33. The van der Waals surface area contributed by atoms with Gasteiger partial charge in [0.05, 0.1) is 11.1 Å². The molecule has 1 fully saturated rings. The third-order valence-corrected chi connectivity index (χ3v) is 5.26. The van der Waals surface area contributed by atoms with Crippen LogP contribution in [0, 0.1) is 11.3 Å². The van der Waals surface area contributed by atoms with E-state index >= 15 is 0 Å².